The Labute approximate surface area is 323 Å². The summed E-state index contributed by atoms with van der Waals surface area (Å²) in [6, 6.07) is 0. The summed E-state index contributed by atoms with van der Waals surface area (Å²) in [6.07, 6.45) is 29.7. The molecule has 0 spiro atoms. The van der Waals surface area contributed by atoms with Crippen LogP contribution in [0.2, 0.25) is 0 Å². The van der Waals surface area contributed by atoms with Crippen LogP contribution in [0.5, 0.6) is 0 Å². The van der Waals surface area contributed by atoms with Gasteiger partial charge in [0.25, 0.3) is 0 Å². The molecule has 0 amide bonds. The van der Waals surface area contributed by atoms with E-state index in [1.165, 1.54) is 89.9 Å². The average molecular weight is 778 g/mol. The molecule has 0 radical (unpaired) electrons. The SMILES string of the molecule is CCCCC/C=C\C[C@H](O)[C@@H](O)CCCCCCCC(=O)O[C@H](COC(=O)CCCCCCCCCCCCCCCCC)COP(=O)(O)OCCN. The molecule has 0 saturated carbocycles. The van der Waals surface area contributed by atoms with Crippen LogP contribution in [0.3, 0.4) is 0 Å². The molecule has 0 fully saturated rings. The van der Waals surface area contributed by atoms with Crippen molar-refractivity contribution in [3.63, 3.8) is 0 Å². The quantitative estimate of drug-likeness (QED) is 0.0202. The fourth-order valence-corrected chi connectivity index (χ4v) is 6.78. The van der Waals surface area contributed by atoms with Gasteiger partial charge in [-0.2, -0.15) is 0 Å². The molecule has 0 aliphatic carbocycles. The molecule has 0 saturated heterocycles. The summed E-state index contributed by atoms with van der Waals surface area (Å²) in [5.41, 5.74) is 5.33. The minimum Gasteiger partial charge on any atom is -0.462 e. The Hall–Kier alpha value is -1.33. The lowest BCUT2D eigenvalue weighted by atomic mass is 10.0. The van der Waals surface area contributed by atoms with Crippen molar-refractivity contribution in [2.45, 2.75) is 212 Å². The molecule has 0 aliphatic rings. The second-order valence-electron chi connectivity index (χ2n) is 14.5. The molecule has 1 unspecified atom stereocenters. The van der Waals surface area contributed by atoms with Crippen molar-refractivity contribution in [3.05, 3.63) is 12.2 Å². The Morgan fingerprint density at radius 2 is 1.11 bits per heavy atom. The molecule has 0 rings (SSSR count). The van der Waals surface area contributed by atoms with E-state index < -0.39 is 44.7 Å². The Morgan fingerprint density at radius 1 is 0.623 bits per heavy atom. The van der Waals surface area contributed by atoms with Crippen molar-refractivity contribution in [2.24, 2.45) is 5.73 Å². The van der Waals surface area contributed by atoms with Crippen LogP contribution in [0.1, 0.15) is 194 Å². The van der Waals surface area contributed by atoms with E-state index in [0.717, 1.165) is 51.4 Å². The largest absolute Gasteiger partial charge is 0.472 e. The number of carbonyl (C=O) groups excluding carboxylic acids is 2. The van der Waals surface area contributed by atoms with Gasteiger partial charge in [0.05, 0.1) is 25.4 Å². The number of aliphatic hydroxyl groups is 2. The molecule has 11 nitrogen and oxygen atoms in total. The van der Waals surface area contributed by atoms with E-state index >= 15 is 0 Å². The summed E-state index contributed by atoms with van der Waals surface area (Å²) < 4.78 is 32.7. The molecule has 53 heavy (non-hydrogen) atoms. The van der Waals surface area contributed by atoms with Gasteiger partial charge in [0, 0.05) is 19.4 Å². The normalized spacial score (nSPS) is 14.6. The lowest BCUT2D eigenvalue weighted by Crippen LogP contribution is -2.29. The van der Waals surface area contributed by atoms with Gasteiger partial charge in [0.1, 0.15) is 6.61 Å². The number of phosphoric acid groups is 1. The van der Waals surface area contributed by atoms with Crippen molar-refractivity contribution in [2.75, 3.05) is 26.4 Å². The standard InChI is InChI=1S/C41H80NO10P/c1-3-5-7-9-11-12-13-14-15-16-17-18-19-23-27-31-40(45)49-35-37(36-51-53(47,48)50-34-33-42)52-41(46)32-28-24-20-22-26-30-39(44)38(43)29-25-21-10-8-6-4-2/h21,25,37-39,43-44H,3-20,22-24,26-36,42H2,1-2H3,(H,47,48)/b25-21-/t37-,38+,39+/m1/s1. The summed E-state index contributed by atoms with van der Waals surface area (Å²) in [4.78, 5) is 34.8. The molecule has 0 heterocycles. The molecule has 314 valence electrons. The first-order valence-corrected chi connectivity index (χ1v) is 22.8. The molecule has 0 aliphatic heterocycles. The van der Waals surface area contributed by atoms with Gasteiger partial charge < -0.3 is 30.3 Å². The van der Waals surface area contributed by atoms with Gasteiger partial charge in [-0.15, -0.1) is 0 Å². The Kier molecular flexibility index (Phi) is 36.6. The summed E-state index contributed by atoms with van der Waals surface area (Å²) in [5, 5.41) is 20.4. The Bertz CT molecular complexity index is 921. The molecular weight excluding hydrogens is 697 g/mol. The smallest absolute Gasteiger partial charge is 0.462 e. The summed E-state index contributed by atoms with van der Waals surface area (Å²) >= 11 is 0. The topological polar surface area (TPSA) is 175 Å². The maximum absolute atomic E-state index is 12.6. The predicted octanol–water partition coefficient (Wildman–Crippen LogP) is 9.77. The number of hydrogen-bond donors (Lipinski definition) is 4. The van der Waals surface area contributed by atoms with Gasteiger partial charge in [0.2, 0.25) is 0 Å². The first kappa shape index (κ1) is 51.7. The Morgan fingerprint density at radius 3 is 1.66 bits per heavy atom. The molecule has 0 aromatic rings. The van der Waals surface area contributed by atoms with E-state index in [1.54, 1.807) is 0 Å². The number of carbonyl (C=O) groups is 2. The van der Waals surface area contributed by atoms with Crippen LogP contribution in [0, 0.1) is 0 Å². The van der Waals surface area contributed by atoms with E-state index in [9.17, 15) is 29.3 Å². The summed E-state index contributed by atoms with van der Waals surface area (Å²) in [7, 11) is -4.41. The molecule has 0 bridgehead atoms. The fraction of sp³-hybridized carbons (Fsp3) is 0.902. The number of rotatable bonds is 40. The van der Waals surface area contributed by atoms with Crippen LogP contribution < -0.4 is 5.73 Å². The van der Waals surface area contributed by atoms with E-state index in [-0.39, 0.29) is 32.6 Å². The fourth-order valence-electron chi connectivity index (χ4n) is 6.01. The average Bonchev–Trinajstić information content (AvgIpc) is 3.14. The van der Waals surface area contributed by atoms with Crippen molar-refractivity contribution in [1.82, 2.24) is 0 Å². The molecule has 12 heteroatoms. The second kappa shape index (κ2) is 37.6. The highest BCUT2D eigenvalue weighted by atomic mass is 31.2. The van der Waals surface area contributed by atoms with Gasteiger partial charge in [-0.1, -0.05) is 154 Å². The van der Waals surface area contributed by atoms with Crippen molar-refractivity contribution in [3.8, 4) is 0 Å². The highest BCUT2D eigenvalue weighted by molar-refractivity contribution is 7.47. The van der Waals surface area contributed by atoms with Gasteiger partial charge in [-0.05, 0) is 38.5 Å². The number of unbranched alkanes of at least 4 members (excludes halogenated alkanes) is 21. The number of aliphatic hydroxyl groups excluding tert-OH is 2. The number of phosphoric ester groups is 1. The highest BCUT2D eigenvalue weighted by Gasteiger charge is 2.26. The van der Waals surface area contributed by atoms with Gasteiger partial charge in [-0.25, -0.2) is 4.57 Å². The van der Waals surface area contributed by atoms with Crippen LogP contribution in [-0.4, -0.2) is 71.7 Å². The number of allylic oxidation sites excluding steroid dienone is 1. The monoisotopic (exact) mass is 778 g/mol. The van der Waals surface area contributed by atoms with Gasteiger partial charge in [0.15, 0.2) is 6.10 Å². The number of hydrogen-bond acceptors (Lipinski definition) is 10. The molecular formula is C41H80NO10P. The minimum atomic E-state index is -4.41. The van der Waals surface area contributed by atoms with Crippen LogP contribution in [0.4, 0.5) is 0 Å². The third kappa shape index (κ3) is 36.1. The molecule has 0 aromatic heterocycles. The third-order valence-corrected chi connectivity index (χ3v) is 10.3. The van der Waals surface area contributed by atoms with Crippen LogP contribution >= 0.6 is 7.82 Å². The van der Waals surface area contributed by atoms with Gasteiger partial charge in [-0.3, -0.25) is 18.6 Å². The first-order valence-electron chi connectivity index (χ1n) is 21.3. The lowest BCUT2D eigenvalue weighted by molar-refractivity contribution is -0.161. The predicted molar refractivity (Wildman–Crippen MR) is 213 cm³/mol. The number of nitrogens with two attached hydrogens (primary N) is 1. The second-order valence-corrected chi connectivity index (χ2v) is 16.0. The summed E-state index contributed by atoms with van der Waals surface area (Å²) in [5.74, 6) is -0.933. The number of ether oxygens (including phenoxy) is 2. The van der Waals surface area contributed by atoms with E-state index in [0.29, 0.717) is 25.7 Å². The third-order valence-electron chi connectivity index (χ3n) is 9.35. The zero-order chi connectivity index (χ0) is 39.3. The van der Waals surface area contributed by atoms with Gasteiger partial charge >= 0.3 is 19.8 Å². The molecule has 0 aromatic carbocycles. The summed E-state index contributed by atoms with van der Waals surface area (Å²) in [6.45, 7) is 3.51. The Balaban J connectivity index is 4.27. The first-order chi connectivity index (χ1) is 25.6. The molecule has 5 N–H and O–H groups in total. The van der Waals surface area contributed by atoms with Crippen LogP contribution in [-0.2, 0) is 32.7 Å². The maximum Gasteiger partial charge on any atom is 0.472 e. The number of esters is 2. The van der Waals surface area contributed by atoms with Crippen LogP contribution in [0.15, 0.2) is 12.2 Å². The highest BCUT2D eigenvalue weighted by Crippen LogP contribution is 2.43. The molecule has 4 atom stereocenters. The van der Waals surface area contributed by atoms with Crippen molar-refractivity contribution < 1.29 is 47.8 Å². The minimum absolute atomic E-state index is 0.0304. The van der Waals surface area contributed by atoms with E-state index in [1.807, 2.05) is 6.08 Å². The lowest BCUT2D eigenvalue weighted by Gasteiger charge is -2.20. The zero-order valence-corrected chi connectivity index (χ0v) is 34.6. The van der Waals surface area contributed by atoms with Crippen LogP contribution in [0.25, 0.3) is 0 Å². The van der Waals surface area contributed by atoms with Crippen molar-refractivity contribution in [1.29, 1.82) is 0 Å². The van der Waals surface area contributed by atoms with E-state index in [2.05, 4.69) is 19.9 Å². The van der Waals surface area contributed by atoms with E-state index in [4.69, 9.17) is 24.3 Å². The zero-order valence-electron chi connectivity index (χ0n) is 33.7. The maximum atomic E-state index is 12.6. The van der Waals surface area contributed by atoms with Crippen molar-refractivity contribution >= 4 is 19.8 Å².